The molecule has 2 aromatic heterocycles. The molecule has 90 valence electrons. The second-order valence-corrected chi connectivity index (χ2v) is 4.36. The molecule has 0 aliphatic carbocycles. The second kappa shape index (κ2) is 5.05. The van der Waals surface area contributed by atoms with E-state index in [1.807, 2.05) is 6.20 Å². The van der Waals surface area contributed by atoms with Crippen LogP contribution in [0, 0.1) is 0 Å². The maximum absolute atomic E-state index is 5.60. The summed E-state index contributed by atoms with van der Waals surface area (Å²) < 4.78 is 2.07. The van der Waals surface area contributed by atoms with Crippen LogP contribution in [-0.2, 0) is 12.3 Å². The molecular weight excluding hydrogens is 236 g/mol. The van der Waals surface area contributed by atoms with E-state index < -0.39 is 0 Å². The number of rotatable bonds is 4. The molecule has 0 aromatic carbocycles. The Bertz CT molecular complexity index is 489. The first kappa shape index (κ1) is 11.7. The van der Waals surface area contributed by atoms with Crippen molar-refractivity contribution in [2.24, 2.45) is 0 Å². The first-order chi connectivity index (χ1) is 8.19. The van der Waals surface area contributed by atoms with Gasteiger partial charge in [0.1, 0.15) is 17.5 Å². The molecule has 6 nitrogen and oxygen atoms in total. The quantitative estimate of drug-likeness (QED) is 0.624. The Morgan fingerprint density at radius 3 is 2.65 bits per heavy atom. The molecular formula is C10H14N6S. The highest BCUT2D eigenvalue weighted by Gasteiger charge is 2.05. The Kier molecular flexibility index (Phi) is 3.48. The average molecular weight is 250 g/mol. The third-order valence-corrected chi connectivity index (χ3v) is 3.06. The van der Waals surface area contributed by atoms with Gasteiger partial charge in [-0.25, -0.2) is 15.0 Å². The Morgan fingerprint density at radius 1 is 1.29 bits per heavy atom. The van der Waals surface area contributed by atoms with Gasteiger partial charge in [-0.05, 0) is 6.92 Å². The van der Waals surface area contributed by atoms with E-state index in [1.54, 1.807) is 6.20 Å². The highest BCUT2D eigenvalue weighted by Crippen LogP contribution is 2.20. The van der Waals surface area contributed by atoms with Gasteiger partial charge in [0, 0.05) is 25.0 Å². The van der Waals surface area contributed by atoms with Gasteiger partial charge in [0.25, 0.3) is 0 Å². The van der Waals surface area contributed by atoms with Crippen LogP contribution < -0.4 is 11.5 Å². The number of anilines is 2. The lowest BCUT2D eigenvalue weighted by Gasteiger charge is -2.04. The molecule has 17 heavy (non-hydrogen) atoms. The SMILES string of the molecule is CCn1ccnc1CSc1nc(N)cc(N)n1. The highest BCUT2D eigenvalue weighted by atomic mass is 32.2. The maximum atomic E-state index is 5.60. The third-order valence-electron chi connectivity index (χ3n) is 2.22. The van der Waals surface area contributed by atoms with Crippen molar-refractivity contribution in [2.75, 3.05) is 11.5 Å². The molecule has 0 aliphatic rings. The van der Waals surface area contributed by atoms with E-state index >= 15 is 0 Å². The lowest BCUT2D eigenvalue weighted by Crippen LogP contribution is -2.01. The van der Waals surface area contributed by atoms with Gasteiger partial charge in [-0.1, -0.05) is 11.8 Å². The first-order valence-corrected chi connectivity index (χ1v) is 6.20. The predicted molar refractivity (Wildman–Crippen MR) is 68.3 cm³/mol. The summed E-state index contributed by atoms with van der Waals surface area (Å²) >= 11 is 1.47. The summed E-state index contributed by atoms with van der Waals surface area (Å²) in [5, 5.41) is 0.577. The third kappa shape index (κ3) is 2.88. The summed E-state index contributed by atoms with van der Waals surface area (Å²) in [4.78, 5) is 12.5. The van der Waals surface area contributed by atoms with Crippen LogP contribution in [0.1, 0.15) is 12.7 Å². The van der Waals surface area contributed by atoms with Gasteiger partial charge in [-0.15, -0.1) is 0 Å². The number of nitrogens with two attached hydrogens (primary N) is 2. The molecule has 2 heterocycles. The van der Waals surface area contributed by atoms with E-state index in [0.717, 1.165) is 12.4 Å². The van der Waals surface area contributed by atoms with Crippen LogP contribution in [0.5, 0.6) is 0 Å². The summed E-state index contributed by atoms with van der Waals surface area (Å²) in [7, 11) is 0. The summed E-state index contributed by atoms with van der Waals surface area (Å²) in [6.45, 7) is 2.97. The number of aryl methyl sites for hydroxylation is 1. The molecule has 0 saturated carbocycles. The monoisotopic (exact) mass is 250 g/mol. The predicted octanol–water partition coefficient (Wildman–Crippen LogP) is 1.15. The minimum atomic E-state index is 0.388. The zero-order valence-corrected chi connectivity index (χ0v) is 10.3. The number of hydrogen-bond donors (Lipinski definition) is 2. The Balaban J connectivity index is 2.07. The van der Waals surface area contributed by atoms with Gasteiger partial charge in [0.05, 0.1) is 5.75 Å². The molecule has 0 radical (unpaired) electrons. The fourth-order valence-electron chi connectivity index (χ4n) is 1.42. The van der Waals surface area contributed by atoms with Crippen molar-refractivity contribution in [3.8, 4) is 0 Å². The van der Waals surface area contributed by atoms with E-state index in [9.17, 15) is 0 Å². The van der Waals surface area contributed by atoms with E-state index in [0.29, 0.717) is 22.5 Å². The van der Waals surface area contributed by atoms with E-state index in [-0.39, 0.29) is 0 Å². The molecule has 7 heteroatoms. The lowest BCUT2D eigenvalue weighted by atomic mass is 10.5. The van der Waals surface area contributed by atoms with Crippen LogP contribution in [0.4, 0.5) is 11.6 Å². The number of aromatic nitrogens is 4. The number of imidazole rings is 1. The summed E-state index contributed by atoms with van der Waals surface area (Å²) in [6, 6.07) is 1.54. The maximum Gasteiger partial charge on any atom is 0.191 e. The molecule has 2 rings (SSSR count). The van der Waals surface area contributed by atoms with Crippen molar-refractivity contribution in [1.29, 1.82) is 0 Å². The van der Waals surface area contributed by atoms with Crippen LogP contribution in [-0.4, -0.2) is 19.5 Å². The molecule has 0 bridgehead atoms. The molecule has 0 spiro atoms. The minimum absolute atomic E-state index is 0.388. The highest BCUT2D eigenvalue weighted by molar-refractivity contribution is 7.98. The molecule has 4 N–H and O–H groups in total. The summed E-state index contributed by atoms with van der Waals surface area (Å²) in [6.07, 6.45) is 3.73. The Morgan fingerprint density at radius 2 is 2.00 bits per heavy atom. The molecule has 0 amide bonds. The van der Waals surface area contributed by atoms with Crippen molar-refractivity contribution >= 4 is 23.4 Å². The number of nitrogens with zero attached hydrogens (tertiary/aromatic N) is 4. The van der Waals surface area contributed by atoms with Gasteiger partial charge in [0.2, 0.25) is 0 Å². The zero-order valence-electron chi connectivity index (χ0n) is 9.50. The van der Waals surface area contributed by atoms with Crippen LogP contribution in [0.15, 0.2) is 23.6 Å². The lowest BCUT2D eigenvalue weighted by molar-refractivity contribution is 0.725. The standard InChI is InChI=1S/C10H14N6S/c1-2-16-4-3-13-9(16)6-17-10-14-7(11)5-8(12)15-10/h3-5H,2,6H2,1H3,(H4,11,12,14,15). The van der Waals surface area contributed by atoms with E-state index in [4.69, 9.17) is 11.5 Å². The Hall–Kier alpha value is -1.76. The van der Waals surface area contributed by atoms with Gasteiger partial charge >= 0.3 is 0 Å². The second-order valence-electron chi connectivity index (χ2n) is 3.42. The molecule has 0 fully saturated rings. The first-order valence-electron chi connectivity index (χ1n) is 5.22. The largest absolute Gasteiger partial charge is 0.383 e. The van der Waals surface area contributed by atoms with Crippen LogP contribution in [0.25, 0.3) is 0 Å². The van der Waals surface area contributed by atoms with Crippen LogP contribution in [0.3, 0.4) is 0 Å². The molecule has 0 saturated heterocycles. The number of hydrogen-bond acceptors (Lipinski definition) is 6. The summed E-state index contributed by atoms with van der Waals surface area (Å²) in [5.41, 5.74) is 11.2. The molecule has 0 atom stereocenters. The smallest absolute Gasteiger partial charge is 0.191 e. The normalized spacial score (nSPS) is 10.6. The van der Waals surface area contributed by atoms with E-state index in [1.165, 1.54) is 17.8 Å². The van der Waals surface area contributed by atoms with E-state index in [2.05, 4.69) is 26.4 Å². The van der Waals surface area contributed by atoms with Crippen LogP contribution in [0.2, 0.25) is 0 Å². The van der Waals surface area contributed by atoms with Crippen molar-refractivity contribution in [1.82, 2.24) is 19.5 Å². The van der Waals surface area contributed by atoms with Crippen molar-refractivity contribution in [3.63, 3.8) is 0 Å². The van der Waals surface area contributed by atoms with Crippen molar-refractivity contribution in [2.45, 2.75) is 24.4 Å². The molecule has 0 aliphatic heterocycles. The fraction of sp³-hybridized carbons (Fsp3) is 0.300. The van der Waals surface area contributed by atoms with Gasteiger partial charge in [-0.2, -0.15) is 0 Å². The van der Waals surface area contributed by atoms with Gasteiger partial charge < -0.3 is 16.0 Å². The minimum Gasteiger partial charge on any atom is -0.383 e. The topological polar surface area (TPSA) is 95.6 Å². The summed E-state index contributed by atoms with van der Waals surface area (Å²) in [5.74, 6) is 2.46. The van der Waals surface area contributed by atoms with Crippen molar-refractivity contribution < 1.29 is 0 Å². The zero-order chi connectivity index (χ0) is 12.3. The fourth-order valence-corrected chi connectivity index (χ4v) is 2.26. The van der Waals surface area contributed by atoms with Gasteiger partial charge in [-0.3, -0.25) is 0 Å². The van der Waals surface area contributed by atoms with Crippen LogP contribution >= 0.6 is 11.8 Å². The van der Waals surface area contributed by atoms with Gasteiger partial charge in [0.15, 0.2) is 5.16 Å². The van der Waals surface area contributed by atoms with Crippen molar-refractivity contribution in [3.05, 3.63) is 24.3 Å². The Labute approximate surface area is 103 Å². The molecule has 0 unspecified atom stereocenters. The number of thioether (sulfide) groups is 1. The number of nitrogen functional groups attached to an aromatic ring is 2. The molecule has 2 aromatic rings. The average Bonchev–Trinajstić information content (AvgIpc) is 2.72.